The van der Waals surface area contributed by atoms with Crippen LogP contribution in [0.25, 0.3) is 33.1 Å². The van der Waals surface area contributed by atoms with Gasteiger partial charge in [-0.15, -0.1) is 0 Å². The van der Waals surface area contributed by atoms with E-state index in [4.69, 9.17) is 5.73 Å². The van der Waals surface area contributed by atoms with Gasteiger partial charge in [0.2, 0.25) is 5.91 Å². The van der Waals surface area contributed by atoms with Gasteiger partial charge in [0.1, 0.15) is 17.8 Å². The number of likely N-dealkylation sites (tertiary alicyclic amines) is 1. The van der Waals surface area contributed by atoms with E-state index in [9.17, 15) is 4.79 Å². The third kappa shape index (κ3) is 2.82. The first-order valence-electron chi connectivity index (χ1n) is 9.53. The molecule has 0 saturated carbocycles. The average molecular weight is 384 g/mol. The lowest BCUT2D eigenvalue weighted by Crippen LogP contribution is -2.27. The van der Waals surface area contributed by atoms with Gasteiger partial charge in [-0.25, -0.2) is 9.97 Å². The van der Waals surface area contributed by atoms with Crippen LogP contribution in [0.5, 0.6) is 0 Å². The van der Waals surface area contributed by atoms with Crippen LogP contribution in [-0.2, 0) is 4.79 Å². The second-order valence-corrected chi connectivity index (χ2v) is 7.26. The van der Waals surface area contributed by atoms with Gasteiger partial charge in [0, 0.05) is 42.0 Å². The second kappa shape index (κ2) is 6.70. The normalized spacial score (nSPS) is 16.6. The summed E-state index contributed by atoms with van der Waals surface area (Å²) in [5, 5.41) is 1.88. The summed E-state index contributed by atoms with van der Waals surface area (Å²) in [4.78, 5) is 27.1. The topological polar surface area (TPSA) is 89.9 Å². The molecule has 7 heteroatoms. The number of aromatic nitrogens is 4. The molecule has 1 fully saturated rings. The lowest BCUT2D eigenvalue weighted by atomic mass is 10.1. The van der Waals surface area contributed by atoms with Gasteiger partial charge in [0.05, 0.1) is 16.9 Å². The van der Waals surface area contributed by atoms with E-state index in [1.807, 2.05) is 35.4 Å². The zero-order valence-corrected chi connectivity index (χ0v) is 15.8. The van der Waals surface area contributed by atoms with Crippen molar-refractivity contribution in [3.05, 3.63) is 61.7 Å². The summed E-state index contributed by atoms with van der Waals surface area (Å²) >= 11 is 0. The highest BCUT2D eigenvalue weighted by atomic mass is 16.2. The molecule has 1 amide bonds. The van der Waals surface area contributed by atoms with E-state index in [0.717, 1.165) is 39.5 Å². The highest BCUT2D eigenvalue weighted by molar-refractivity contribution is 6.01. The van der Waals surface area contributed by atoms with Crippen LogP contribution in [0.1, 0.15) is 12.5 Å². The number of fused-ring (bicyclic) bond motifs is 2. The van der Waals surface area contributed by atoms with Crippen molar-refractivity contribution in [2.24, 2.45) is 0 Å². The van der Waals surface area contributed by atoms with Crippen LogP contribution in [0.4, 0.5) is 5.82 Å². The molecular weight excluding hydrogens is 364 g/mol. The average Bonchev–Trinajstić information content (AvgIpc) is 3.38. The van der Waals surface area contributed by atoms with Gasteiger partial charge in [-0.2, -0.15) is 0 Å². The summed E-state index contributed by atoms with van der Waals surface area (Å²) in [6.45, 7) is 4.91. The maximum Gasteiger partial charge on any atom is 0.246 e. The number of carbonyl (C=O) groups excluding carboxylic acids is 1. The van der Waals surface area contributed by atoms with Gasteiger partial charge >= 0.3 is 0 Å². The molecule has 144 valence electrons. The standard InChI is InChI=1S/C22H20N6O/c1-2-19(29)27-8-7-16(11-27)28-12-17(20-21(23)25-13-26-22(20)28)15-9-14-5-3-4-6-18(14)24-10-15/h2-6,9-10,12-13,16H,1,7-8,11H2,(H2,23,25,26)/t16-/m0/s1. The van der Waals surface area contributed by atoms with Crippen LogP contribution >= 0.6 is 0 Å². The molecule has 0 radical (unpaired) electrons. The van der Waals surface area contributed by atoms with Crippen molar-refractivity contribution in [3.8, 4) is 11.1 Å². The van der Waals surface area contributed by atoms with Gasteiger partial charge in [0.25, 0.3) is 0 Å². The molecule has 7 nitrogen and oxygen atoms in total. The lowest BCUT2D eigenvalue weighted by Gasteiger charge is -2.15. The Labute approximate surface area is 167 Å². The van der Waals surface area contributed by atoms with E-state index in [2.05, 4.69) is 38.4 Å². The Morgan fingerprint density at radius 2 is 2.10 bits per heavy atom. The summed E-state index contributed by atoms with van der Waals surface area (Å²) in [5.41, 5.74) is 9.89. The molecule has 3 aromatic heterocycles. The fraction of sp³-hybridized carbons (Fsp3) is 0.182. The molecule has 1 aliphatic heterocycles. The predicted molar refractivity (Wildman–Crippen MR) is 113 cm³/mol. The first kappa shape index (κ1) is 17.4. The third-order valence-electron chi connectivity index (χ3n) is 5.58. The van der Waals surface area contributed by atoms with E-state index in [1.165, 1.54) is 12.4 Å². The number of hydrogen-bond donors (Lipinski definition) is 1. The minimum Gasteiger partial charge on any atom is -0.383 e. The minimum atomic E-state index is -0.0444. The van der Waals surface area contributed by atoms with E-state index in [1.54, 1.807) is 0 Å². The molecule has 0 unspecified atom stereocenters. The molecule has 0 spiro atoms. The molecule has 5 rings (SSSR count). The Hall–Kier alpha value is -3.74. The SMILES string of the molecule is C=CC(=O)N1CC[C@H](n2cc(-c3cnc4ccccc4c3)c3c(N)ncnc32)C1. The summed E-state index contributed by atoms with van der Waals surface area (Å²) in [5.74, 6) is 0.394. The third-order valence-corrected chi connectivity index (χ3v) is 5.58. The van der Waals surface area contributed by atoms with E-state index in [0.29, 0.717) is 18.9 Å². The number of nitrogens with two attached hydrogens (primary N) is 1. The smallest absolute Gasteiger partial charge is 0.246 e. The molecule has 2 N–H and O–H groups in total. The summed E-state index contributed by atoms with van der Waals surface area (Å²) in [7, 11) is 0. The van der Waals surface area contributed by atoms with Crippen molar-refractivity contribution in [1.29, 1.82) is 0 Å². The minimum absolute atomic E-state index is 0.0444. The van der Waals surface area contributed by atoms with E-state index in [-0.39, 0.29) is 11.9 Å². The molecule has 29 heavy (non-hydrogen) atoms. The van der Waals surface area contributed by atoms with Crippen LogP contribution in [0.15, 0.2) is 61.7 Å². The lowest BCUT2D eigenvalue weighted by molar-refractivity contribution is -0.125. The van der Waals surface area contributed by atoms with Crippen LogP contribution in [0.2, 0.25) is 0 Å². The van der Waals surface area contributed by atoms with Crippen LogP contribution < -0.4 is 5.73 Å². The van der Waals surface area contributed by atoms with E-state index >= 15 is 0 Å². The predicted octanol–water partition coefficient (Wildman–Crippen LogP) is 3.19. The number of pyridine rings is 1. The molecule has 1 aromatic carbocycles. The van der Waals surface area contributed by atoms with Crippen molar-refractivity contribution < 1.29 is 4.79 Å². The van der Waals surface area contributed by atoms with Crippen molar-refractivity contribution in [3.63, 3.8) is 0 Å². The Bertz CT molecular complexity index is 1260. The molecule has 1 atom stereocenters. The molecular formula is C22H20N6O. The van der Waals surface area contributed by atoms with Crippen molar-refractivity contribution in [1.82, 2.24) is 24.4 Å². The maximum atomic E-state index is 12.0. The Morgan fingerprint density at radius 1 is 1.24 bits per heavy atom. The number of para-hydroxylation sites is 1. The second-order valence-electron chi connectivity index (χ2n) is 7.26. The number of benzene rings is 1. The largest absolute Gasteiger partial charge is 0.383 e. The number of carbonyl (C=O) groups is 1. The Kier molecular flexibility index (Phi) is 4.01. The summed E-state index contributed by atoms with van der Waals surface area (Å²) in [6.07, 6.45) is 7.62. The first-order chi connectivity index (χ1) is 14.2. The van der Waals surface area contributed by atoms with Gasteiger partial charge in [-0.1, -0.05) is 24.8 Å². The fourth-order valence-electron chi connectivity index (χ4n) is 4.12. The van der Waals surface area contributed by atoms with Crippen molar-refractivity contribution >= 4 is 33.7 Å². The van der Waals surface area contributed by atoms with Crippen molar-refractivity contribution in [2.75, 3.05) is 18.8 Å². The van der Waals surface area contributed by atoms with Crippen LogP contribution in [-0.4, -0.2) is 43.4 Å². The van der Waals surface area contributed by atoms with Crippen LogP contribution in [0.3, 0.4) is 0 Å². The van der Waals surface area contributed by atoms with Crippen molar-refractivity contribution in [2.45, 2.75) is 12.5 Å². The number of nitrogen functional groups attached to an aromatic ring is 1. The monoisotopic (exact) mass is 384 g/mol. The Balaban J connectivity index is 1.65. The van der Waals surface area contributed by atoms with Gasteiger partial charge in [0.15, 0.2) is 0 Å². The number of nitrogens with zero attached hydrogens (tertiary/aromatic N) is 5. The quantitative estimate of drug-likeness (QED) is 0.548. The number of amides is 1. The Morgan fingerprint density at radius 3 is 2.97 bits per heavy atom. The fourth-order valence-corrected chi connectivity index (χ4v) is 4.12. The number of hydrogen-bond acceptors (Lipinski definition) is 5. The number of rotatable bonds is 3. The summed E-state index contributed by atoms with van der Waals surface area (Å²) < 4.78 is 2.12. The molecule has 0 bridgehead atoms. The molecule has 1 aliphatic rings. The molecule has 4 aromatic rings. The summed E-state index contributed by atoms with van der Waals surface area (Å²) in [6, 6.07) is 10.2. The molecule has 1 saturated heterocycles. The maximum absolute atomic E-state index is 12.0. The van der Waals surface area contributed by atoms with Crippen LogP contribution in [0, 0.1) is 0 Å². The zero-order valence-electron chi connectivity index (χ0n) is 15.8. The molecule has 0 aliphatic carbocycles. The van der Waals surface area contributed by atoms with Gasteiger partial charge < -0.3 is 15.2 Å². The number of anilines is 1. The highest BCUT2D eigenvalue weighted by Crippen LogP contribution is 2.36. The van der Waals surface area contributed by atoms with E-state index < -0.39 is 0 Å². The van der Waals surface area contributed by atoms with Gasteiger partial charge in [-0.3, -0.25) is 9.78 Å². The van der Waals surface area contributed by atoms with Gasteiger partial charge in [-0.05, 0) is 24.6 Å². The highest BCUT2D eigenvalue weighted by Gasteiger charge is 2.28. The molecule has 4 heterocycles. The zero-order chi connectivity index (χ0) is 20.0. The first-order valence-corrected chi connectivity index (χ1v) is 9.53.